The Morgan fingerprint density at radius 3 is 2.75 bits per heavy atom. The van der Waals surface area contributed by atoms with Crippen molar-refractivity contribution in [3.63, 3.8) is 0 Å². The van der Waals surface area contributed by atoms with E-state index in [9.17, 15) is 9.18 Å². The highest BCUT2D eigenvalue weighted by Gasteiger charge is 2.17. The fraction of sp³-hybridized carbons (Fsp3) is 0.143. The Hall–Kier alpha value is -2.63. The van der Waals surface area contributed by atoms with Gasteiger partial charge >= 0.3 is 0 Å². The molecular weight excluding hydrogens is 259 g/mol. The molecule has 0 aromatic carbocycles. The van der Waals surface area contributed by atoms with Crippen molar-refractivity contribution in [3.05, 3.63) is 53.9 Å². The zero-order valence-electron chi connectivity index (χ0n) is 10.7. The summed E-state index contributed by atoms with van der Waals surface area (Å²) in [5.41, 5.74) is 1.54. The number of carbonyl (C=O) groups is 1. The number of halogens is 1. The number of rotatable bonds is 3. The van der Waals surface area contributed by atoms with E-state index < -0.39 is 5.95 Å². The molecule has 0 amide bonds. The van der Waals surface area contributed by atoms with Crippen molar-refractivity contribution in [2.24, 2.45) is 7.05 Å². The summed E-state index contributed by atoms with van der Waals surface area (Å²) in [5.74, 6) is -0.719. The Morgan fingerprint density at radius 2 is 2.00 bits per heavy atom. The summed E-state index contributed by atoms with van der Waals surface area (Å²) in [6.07, 6.45) is 3.50. The first-order valence-electron chi connectivity index (χ1n) is 6.06. The van der Waals surface area contributed by atoms with E-state index in [1.165, 1.54) is 16.8 Å². The molecule has 20 heavy (non-hydrogen) atoms. The van der Waals surface area contributed by atoms with Crippen LogP contribution in [0.2, 0.25) is 0 Å². The maximum absolute atomic E-state index is 13.1. The Kier molecular flexibility index (Phi) is 2.98. The second kappa shape index (κ2) is 4.80. The van der Waals surface area contributed by atoms with Crippen molar-refractivity contribution in [1.29, 1.82) is 0 Å². The third-order valence-electron chi connectivity index (χ3n) is 3.03. The predicted octanol–water partition coefficient (Wildman–Crippen LogP) is 1.93. The number of nitrogens with zero attached hydrogens (tertiary/aromatic N) is 4. The lowest BCUT2D eigenvalue weighted by Crippen LogP contribution is -2.05. The van der Waals surface area contributed by atoms with Gasteiger partial charge in [0.25, 0.3) is 0 Å². The first kappa shape index (κ1) is 12.4. The van der Waals surface area contributed by atoms with Crippen LogP contribution < -0.4 is 0 Å². The lowest BCUT2D eigenvalue weighted by atomic mass is 10.1. The average molecular weight is 270 g/mol. The van der Waals surface area contributed by atoms with Crippen LogP contribution in [0, 0.1) is 5.95 Å². The van der Waals surface area contributed by atoms with Crippen molar-refractivity contribution in [2.45, 2.75) is 6.42 Å². The summed E-state index contributed by atoms with van der Waals surface area (Å²) >= 11 is 0. The summed E-state index contributed by atoms with van der Waals surface area (Å²) < 4.78 is 14.5. The van der Waals surface area contributed by atoms with E-state index in [4.69, 9.17) is 0 Å². The van der Waals surface area contributed by atoms with E-state index in [2.05, 4.69) is 15.1 Å². The van der Waals surface area contributed by atoms with Crippen LogP contribution in [0.5, 0.6) is 0 Å². The van der Waals surface area contributed by atoms with Gasteiger partial charge in [-0.25, -0.2) is 4.68 Å². The third kappa shape index (κ3) is 2.16. The minimum Gasteiger partial charge on any atom is -0.292 e. The number of fused-ring (bicyclic) bond motifs is 1. The highest BCUT2D eigenvalue weighted by atomic mass is 19.1. The highest BCUT2D eigenvalue weighted by Crippen LogP contribution is 2.18. The van der Waals surface area contributed by atoms with Gasteiger partial charge in [0, 0.05) is 25.9 Å². The normalized spacial score (nSPS) is 10.9. The molecule has 6 heteroatoms. The lowest BCUT2D eigenvalue weighted by Gasteiger charge is -1.98. The first-order valence-corrected chi connectivity index (χ1v) is 6.06. The van der Waals surface area contributed by atoms with Crippen LogP contribution in [-0.4, -0.2) is 25.5 Å². The maximum atomic E-state index is 13.1. The monoisotopic (exact) mass is 270 g/mol. The number of aryl methyl sites for hydroxylation is 1. The van der Waals surface area contributed by atoms with Crippen LogP contribution in [0.25, 0.3) is 11.0 Å². The molecular formula is C14H11FN4O. The highest BCUT2D eigenvalue weighted by molar-refractivity contribution is 6.06. The molecule has 0 spiro atoms. The molecule has 3 heterocycles. The van der Waals surface area contributed by atoms with Crippen LogP contribution in [-0.2, 0) is 13.5 Å². The molecule has 3 aromatic heterocycles. The molecule has 0 N–H and O–H groups in total. The maximum Gasteiger partial charge on any atom is 0.214 e. The van der Waals surface area contributed by atoms with Crippen molar-refractivity contribution in [3.8, 4) is 0 Å². The minimum atomic E-state index is -0.589. The molecule has 0 aliphatic rings. The number of pyridine rings is 2. The fourth-order valence-corrected chi connectivity index (χ4v) is 2.08. The van der Waals surface area contributed by atoms with Gasteiger partial charge in [-0.3, -0.25) is 9.78 Å². The van der Waals surface area contributed by atoms with Gasteiger partial charge in [0.1, 0.15) is 5.69 Å². The van der Waals surface area contributed by atoms with E-state index in [1.54, 1.807) is 31.6 Å². The van der Waals surface area contributed by atoms with E-state index >= 15 is 0 Å². The molecule has 0 unspecified atom stereocenters. The number of hydrogen-bond donors (Lipinski definition) is 0. The Morgan fingerprint density at radius 1 is 1.25 bits per heavy atom. The zero-order valence-corrected chi connectivity index (χ0v) is 10.7. The SMILES string of the molecule is Cn1nc(C(=O)Cc2ccncc2)c2ccc(F)nc21. The fourth-order valence-electron chi connectivity index (χ4n) is 2.08. The molecule has 0 saturated carbocycles. The lowest BCUT2D eigenvalue weighted by molar-refractivity contribution is 0.0989. The number of Topliss-reactive ketones (excluding diaryl/α,β-unsaturated/α-hetero) is 1. The number of hydrogen-bond acceptors (Lipinski definition) is 4. The van der Waals surface area contributed by atoms with E-state index in [-0.39, 0.29) is 12.2 Å². The van der Waals surface area contributed by atoms with Gasteiger partial charge in [0.05, 0.1) is 5.39 Å². The Bertz CT molecular complexity index is 782. The Balaban J connectivity index is 2.00. The van der Waals surface area contributed by atoms with E-state index in [1.807, 2.05) is 0 Å². The summed E-state index contributed by atoms with van der Waals surface area (Å²) in [7, 11) is 1.64. The molecule has 0 atom stereocenters. The topological polar surface area (TPSA) is 60.7 Å². The van der Waals surface area contributed by atoms with Crippen LogP contribution >= 0.6 is 0 Å². The van der Waals surface area contributed by atoms with Crippen LogP contribution in [0.15, 0.2) is 36.7 Å². The van der Waals surface area contributed by atoms with Gasteiger partial charge in [0.2, 0.25) is 5.95 Å². The third-order valence-corrected chi connectivity index (χ3v) is 3.03. The molecule has 100 valence electrons. The smallest absolute Gasteiger partial charge is 0.214 e. The molecule has 0 aliphatic heterocycles. The number of carbonyl (C=O) groups excluding carboxylic acids is 1. The second-order valence-electron chi connectivity index (χ2n) is 4.43. The molecule has 0 bridgehead atoms. The number of aromatic nitrogens is 4. The van der Waals surface area contributed by atoms with E-state index in [0.717, 1.165) is 5.56 Å². The van der Waals surface area contributed by atoms with Crippen LogP contribution in [0.1, 0.15) is 16.1 Å². The van der Waals surface area contributed by atoms with Gasteiger partial charge in [-0.2, -0.15) is 14.5 Å². The van der Waals surface area contributed by atoms with Crippen LogP contribution in [0.3, 0.4) is 0 Å². The quantitative estimate of drug-likeness (QED) is 0.539. The molecule has 3 rings (SSSR count). The summed E-state index contributed by atoms with van der Waals surface area (Å²) in [6.45, 7) is 0. The minimum absolute atomic E-state index is 0.129. The van der Waals surface area contributed by atoms with Crippen molar-refractivity contribution in [2.75, 3.05) is 0 Å². The molecule has 0 saturated heterocycles. The van der Waals surface area contributed by atoms with E-state index in [0.29, 0.717) is 16.7 Å². The van der Waals surface area contributed by atoms with Crippen molar-refractivity contribution < 1.29 is 9.18 Å². The Labute approximate surface area is 114 Å². The van der Waals surface area contributed by atoms with Gasteiger partial charge < -0.3 is 0 Å². The molecule has 3 aromatic rings. The van der Waals surface area contributed by atoms with Gasteiger partial charge in [-0.15, -0.1) is 0 Å². The molecule has 0 fully saturated rings. The molecule has 0 aliphatic carbocycles. The zero-order chi connectivity index (χ0) is 14.1. The summed E-state index contributed by atoms with van der Waals surface area (Å²) in [4.78, 5) is 20.0. The van der Waals surface area contributed by atoms with Crippen LogP contribution in [0.4, 0.5) is 4.39 Å². The van der Waals surface area contributed by atoms with Gasteiger partial charge in [0.15, 0.2) is 11.4 Å². The number of ketones is 1. The van der Waals surface area contributed by atoms with Crippen molar-refractivity contribution in [1.82, 2.24) is 19.7 Å². The summed E-state index contributed by atoms with van der Waals surface area (Å²) in [6, 6.07) is 6.32. The predicted molar refractivity (Wildman–Crippen MR) is 70.7 cm³/mol. The second-order valence-corrected chi connectivity index (χ2v) is 4.43. The van der Waals surface area contributed by atoms with Gasteiger partial charge in [-0.1, -0.05) is 0 Å². The standard InChI is InChI=1S/C14H11FN4O/c1-19-14-10(2-3-12(15)17-14)13(18-19)11(20)8-9-4-6-16-7-5-9/h2-7H,8H2,1H3. The van der Waals surface area contributed by atoms with Crippen molar-refractivity contribution >= 4 is 16.8 Å². The van der Waals surface area contributed by atoms with Gasteiger partial charge in [-0.05, 0) is 29.8 Å². The molecule has 5 nitrogen and oxygen atoms in total. The average Bonchev–Trinajstić information content (AvgIpc) is 2.77. The summed E-state index contributed by atoms with van der Waals surface area (Å²) in [5, 5.41) is 4.71. The largest absolute Gasteiger partial charge is 0.292 e. The first-order chi connectivity index (χ1) is 9.65. The molecule has 0 radical (unpaired) electrons.